The van der Waals surface area contributed by atoms with Gasteiger partial charge in [0.05, 0.1) is 47.4 Å². The number of methoxy groups -OCH3 is 1. The van der Waals surface area contributed by atoms with Crippen molar-refractivity contribution in [2.75, 3.05) is 68.3 Å². The number of anilines is 6. The Hall–Kier alpha value is -5.50. The Bertz CT molecular complexity index is 1900. The van der Waals surface area contributed by atoms with Crippen LogP contribution in [0.5, 0.6) is 5.75 Å². The van der Waals surface area contributed by atoms with Crippen LogP contribution in [-0.4, -0.2) is 95.1 Å². The maximum atomic E-state index is 12.5. The molecule has 0 fully saturated rings. The zero-order valence-electron chi connectivity index (χ0n) is 30.2. The second kappa shape index (κ2) is 14.2. The normalized spacial score (nSPS) is 13.5. The van der Waals surface area contributed by atoms with Crippen molar-refractivity contribution in [3.63, 3.8) is 0 Å². The van der Waals surface area contributed by atoms with Crippen molar-refractivity contribution >= 4 is 46.5 Å². The summed E-state index contributed by atoms with van der Waals surface area (Å²) in [6, 6.07) is 9.45. The molecule has 4 heterocycles. The van der Waals surface area contributed by atoms with Gasteiger partial charge in [-0.1, -0.05) is 20.4 Å². The molecule has 2 N–H and O–H groups in total. The van der Waals surface area contributed by atoms with Gasteiger partial charge in [-0.3, -0.25) is 4.79 Å². The Morgan fingerprint density at radius 2 is 1.84 bits per heavy atom. The fourth-order valence-electron chi connectivity index (χ4n) is 5.54. The maximum absolute atomic E-state index is 12.5. The number of carbonyl (C=O) groups is 2. The molecule has 14 heteroatoms. The van der Waals surface area contributed by atoms with Crippen LogP contribution in [0.3, 0.4) is 0 Å². The lowest BCUT2D eigenvalue weighted by atomic mass is 9.91. The van der Waals surface area contributed by atoms with E-state index in [4.69, 9.17) is 19.4 Å². The molecule has 0 unspecified atom stereocenters. The van der Waals surface area contributed by atoms with Crippen molar-refractivity contribution in [3.05, 3.63) is 67.3 Å². The zero-order chi connectivity index (χ0) is 36.4. The summed E-state index contributed by atoms with van der Waals surface area (Å²) in [5, 5.41) is 10.4. The number of aromatic nitrogens is 5. The van der Waals surface area contributed by atoms with Crippen molar-refractivity contribution < 1.29 is 19.1 Å². The molecule has 1 aromatic carbocycles. The number of likely N-dealkylation sites (N-methyl/N-ethyl adjacent to an activating group) is 2. The summed E-state index contributed by atoms with van der Waals surface area (Å²) in [6.07, 6.45) is 5.61. The fraction of sp³-hybridized carbons (Fsp3) is 0.389. The second-order valence-corrected chi connectivity index (χ2v) is 14.0. The topological polar surface area (TPSA) is 143 Å². The average molecular weight is 683 g/mol. The fourth-order valence-corrected chi connectivity index (χ4v) is 5.54. The quantitative estimate of drug-likeness (QED) is 0.184. The van der Waals surface area contributed by atoms with Crippen molar-refractivity contribution in [1.82, 2.24) is 29.6 Å². The zero-order valence-corrected chi connectivity index (χ0v) is 30.2. The maximum Gasteiger partial charge on any atom is 0.435 e. The van der Waals surface area contributed by atoms with Gasteiger partial charge in [-0.25, -0.2) is 14.8 Å². The van der Waals surface area contributed by atoms with Gasteiger partial charge in [0.15, 0.2) is 0 Å². The Labute approximate surface area is 293 Å². The first-order valence-electron chi connectivity index (χ1n) is 16.3. The largest absolute Gasteiger partial charge is 0.494 e. The molecule has 0 radical (unpaired) electrons. The van der Waals surface area contributed by atoms with E-state index >= 15 is 0 Å². The monoisotopic (exact) mass is 682 g/mol. The Morgan fingerprint density at radius 1 is 1.08 bits per heavy atom. The summed E-state index contributed by atoms with van der Waals surface area (Å²) in [4.78, 5) is 45.6. The van der Waals surface area contributed by atoms with E-state index in [-0.39, 0.29) is 11.3 Å². The van der Waals surface area contributed by atoms with Gasteiger partial charge in [0.1, 0.15) is 17.2 Å². The van der Waals surface area contributed by atoms with Crippen LogP contribution in [0, 0.1) is 0 Å². The third kappa shape index (κ3) is 8.03. The van der Waals surface area contributed by atoms with Crippen LogP contribution in [0.4, 0.5) is 39.3 Å². The first-order chi connectivity index (χ1) is 23.6. The van der Waals surface area contributed by atoms with Gasteiger partial charge in [0, 0.05) is 56.1 Å². The molecule has 3 aromatic heterocycles. The number of ether oxygens (including phenoxy) is 2. The van der Waals surface area contributed by atoms with E-state index in [1.807, 2.05) is 72.2 Å². The summed E-state index contributed by atoms with van der Waals surface area (Å²) < 4.78 is 12.4. The first-order valence-corrected chi connectivity index (χ1v) is 16.3. The van der Waals surface area contributed by atoms with Crippen LogP contribution in [0.25, 0.3) is 11.3 Å². The van der Waals surface area contributed by atoms with Gasteiger partial charge in [0.25, 0.3) is 0 Å². The minimum Gasteiger partial charge on any atom is -0.494 e. The highest BCUT2D eigenvalue weighted by atomic mass is 16.6. The minimum absolute atomic E-state index is 0.318. The number of fused-ring (bicyclic) bond motifs is 1. The summed E-state index contributed by atoms with van der Waals surface area (Å²) in [5.74, 6) is 1.26. The van der Waals surface area contributed by atoms with Crippen LogP contribution in [-0.2, 0) is 14.9 Å². The number of hydrogen-bond donors (Lipinski definition) is 2. The van der Waals surface area contributed by atoms with E-state index in [1.54, 1.807) is 25.7 Å². The molecular weight excluding hydrogens is 636 g/mol. The average Bonchev–Trinajstić information content (AvgIpc) is 3.66. The molecule has 0 aliphatic carbocycles. The number of pyridine rings is 1. The van der Waals surface area contributed by atoms with Crippen LogP contribution in [0.2, 0.25) is 0 Å². The van der Waals surface area contributed by atoms with Gasteiger partial charge in [-0.05, 0) is 65.2 Å². The van der Waals surface area contributed by atoms with Gasteiger partial charge in [-0.15, -0.1) is 0 Å². The highest BCUT2D eigenvalue weighted by Crippen LogP contribution is 2.44. The van der Waals surface area contributed by atoms with E-state index < -0.39 is 11.7 Å². The number of rotatable bonds is 11. The summed E-state index contributed by atoms with van der Waals surface area (Å²) >= 11 is 0. The van der Waals surface area contributed by atoms with E-state index in [0.29, 0.717) is 46.7 Å². The molecule has 0 spiro atoms. The molecule has 5 rings (SSSR count). The highest BCUT2D eigenvalue weighted by molar-refractivity contribution is 6.02. The summed E-state index contributed by atoms with van der Waals surface area (Å²) in [6.45, 7) is 15.5. The molecule has 1 aliphatic rings. The smallest absolute Gasteiger partial charge is 0.435 e. The van der Waals surface area contributed by atoms with Gasteiger partial charge >= 0.3 is 6.09 Å². The Morgan fingerprint density at radius 3 is 2.52 bits per heavy atom. The predicted octanol–water partition coefficient (Wildman–Crippen LogP) is 5.82. The number of hydrogen-bond acceptors (Lipinski definition) is 12. The van der Waals surface area contributed by atoms with Crippen LogP contribution >= 0.6 is 0 Å². The molecule has 0 saturated carbocycles. The van der Waals surface area contributed by atoms with Crippen molar-refractivity contribution in [2.45, 2.75) is 45.6 Å². The number of nitrogens with zero attached hydrogens (tertiary/aromatic N) is 8. The third-order valence-electron chi connectivity index (χ3n) is 8.04. The molecule has 0 atom stereocenters. The number of nitrogens with one attached hydrogen (secondary N) is 2. The molecule has 50 heavy (non-hydrogen) atoms. The Kier molecular flexibility index (Phi) is 10.1. The highest BCUT2D eigenvalue weighted by Gasteiger charge is 2.38. The second-order valence-electron chi connectivity index (χ2n) is 14.0. The SMILES string of the molecule is C=CC(=O)Nc1cc(Nc2nccc(N3CC(C)(C)c4nc(-c5cnn(C(=O)OC(C)(C)C)c5)ccc43)n2)c(OC)cc1N(C)CCN(C)C. The number of carbonyl (C=O) groups excluding carboxylic acids is 2. The predicted molar refractivity (Wildman–Crippen MR) is 196 cm³/mol. The number of benzene rings is 1. The number of amides is 1. The molecule has 0 saturated heterocycles. The van der Waals surface area contributed by atoms with Gasteiger partial charge in [0.2, 0.25) is 11.9 Å². The molecular formula is C36H46N10O4. The molecule has 264 valence electrons. The third-order valence-corrected chi connectivity index (χ3v) is 8.04. The molecule has 0 bridgehead atoms. The van der Waals surface area contributed by atoms with E-state index in [9.17, 15) is 9.59 Å². The van der Waals surface area contributed by atoms with E-state index in [1.165, 1.54) is 10.8 Å². The molecule has 1 amide bonds. The van der Waals surface area contributed by atoms with Gasteiger partial charge in [-0.2, -0.15) is 14.8 Å². The molecule has 1 aliphatic heterocycles. The van der Waals surface area contributed by atoms with Crippen LogP contribution in [0.15, 0.2) is 61.6 Å². The molecule has 4 aromatic rings. The summed E-state index contributed by atoms with van der Waals surface area (Å²) in [5.41, 5.74) is 4.21. The van der Waals surface area contributed by atoms with Crippen molar-refractivity contribution in [3.8, 4) is 17.0 Å². The van der Waals surface area contributed by atoms with Crippen molar-refractivity contribution in [2.24, 2.45) is 0 Å². The van der Waals surface area contributed by atoms with Crippen molar-refractivity contribution in [1.29, 1.82) is 0 Å². The Balaban J connectivity index is 1.43. The summed E-state index contributed by atoms with van der Waals surface area (Å²) in [7, 11) is 7.58. The van der Waals surface area contributed by atoms with Crippen LogP contribution < -0.4 is 25.2 Å². The standard InChI is InChI=1S/C36H46N10O4/c1-11-31(47)39-25-18-26(29(49-10)19-28(25)44(9)17-16-43(7)8)41-33-37-15-14-30(42-33)45-22-36(5,6)32-27(45)13-12-24(40-32)23-20-38-46(21-23)34(48)50-35(2,3)4/h11-15,18-21H,1,16-17,22H2,2-10H3,(H,39,47)(H,37,41,42). The lowest BCUT2D eigenvalue weighted by Gasteiger charge is -2.26. The van der Waals surface area contributed by atoms with E-state index in [0.717, 1.165) is 30.2 Å². The van der Waals surface area contributed by atoms with Gasteiger partial charge < -0.3 is 34.8 Å². The van der Waals surface area contributed by atoms with E-state index in [2.05, 4.69) is 55.8 Å². The lowest BCUT2D eigenvalue weighted by Crippen LogP contribution is -2.29. The molecule has 14 nitrogen and oxygen atoms in total. The lowest BCUT2D eigenvalue weighted by molar-refractivity contribution is -0.111. The first kappa shape index (κ1) is 35.8. The minimum atomic E-state index is -0.635. The van der Waals surface area contributed by atoms with Crippen LogP contribution in [0.1, 0.15) is 40.3 Å².